The van der Waals surface area contributed by atoms with E-state index in [4.69, 9.17) is 5.11 Å². The Morgan fingerprint density at radius 2 is 2.41 bits per heavy atom. The van der Waals surface area contributed by atoms with Crippen molar-refractivity contribution in [1.29, 1.82) is 0 Å². The van der Waals surface area contributed by atoms with Crippen LogP contribution in [0.4, 0.5) is 10.1 Å². The molecule has 0 saturated carbocycles. The van der Waals surface area contributed by atoms with E-state index in [-0.39, 0.29) is 30.2 Å². The van der Waals surface area contributed by atoms with E-state index in [0.717, 1.165) is 13.0 Å². The van der Waals surface area contributed by atoms with Crippen molar-refractivity contribution in [2.45, 2.75) is 18.5 Å². The lowest BCUT2D eigenvalue weighted by molar-refractivity contribution is 0.102. The lowest BCUT2D eigenvalue weighted by Crippen LogP contribution is -2.24. The standard InChI is InChI=1S/C15H17FN4O2/c16-11-3-1-2-10(4-11)15(22)19-13-6-18-20(8-13)14-5-12(9-21)17-7-14/h1-4,6,8,12,14,17,21H,5,7,9H2,(H,19,22)/t12-,14-/m0/s1. The van der Waals surface area contributed by atoms with E-state index in [0.29, 0.717) is 5.69 Å². The molecule has 116 valence electrons. The molecule has 0 unspecified atom stereocenters. The molecule has 0 bridgehead atoms. The number of nitrogens with zero attached hydrogens (tertiary/aromatic N) is 2. The predicted molar refractivity (Wildman–Crippen MR) is 79.1 cm³/mol. The molecule has 1 aromatic heterocycles. The van der Waals surface area contributed by atoms with Crippen molar-refractivity contribution < 1.29 is 14.3 Å². The Labute approximate surface area is 127 Å². The fourth-order valence-corrected chi connectivity index (χ4v) is 2.57. The van der Waals surface area contributed by atoms with Gasteiger partial charge in [0, 0.05) is 24.3 Å². The molecule has 1 fully saturated rings. The van der Waals surface area contributed by atoms with Crippen molar-refractivity contribution in [2.24, 2.45) is 0 Å². The van der Waals surface area contributed by atoms with Crippen LogP contribution in [0.3, 0.4) is 0 Å². The number of rotatable bonds is 4. The van der Waals surface area contributed by atoms with Gasteiger partial charge in [-0.1, -0.05) is 6.07 Å². The summed E-state index contributed by atoms with van der Waals surface area (Å²) in [6.07, 6.45) is 4.09. The van der Waals surface area contributed by atoms with Crippen LogP contribution < -0.4 is 10.6 Å². The highest BCUT2D eigenvalue weighted by molar-refractivity contribution is 6.04. The summed E-state index contributed by atoms with van der Waals surface area (Å²) in [6.45, 7) is 0.825. The van der Waals surface area contributed by atoms with E-state index in [1.165, 1.54) is 18.2 Å². The number of hydrogen-bond donors (Lipinski definition) is 3. The Kier molecular flexibility index (Phi) is 4.17. The summed E-state index contributed by atoms with van der Waals surface area (Å²) >= 11 is 0. The summed E-state index contributed by atoms with van der Waals surface area (Å²) in [6, 6.07) is 5.76. The maximum Gasteiger partial charge on any atom is 0.255 e. The van der Waals surface area contributed by atoms with Crippen LogP contribution in [0.15, 0.2) is 36.7 Å². The zero-order valence-electron chi connectivity index (χ0n) is 11.9. The van der Waals surface area contributed by atoms with Crippen molar-refractivity contribution in [3.63, 3.8) is 0 Å². The zero-order chi connectivity index (χ0) is 15.5. The smallest absolute Gasteiger partial charge is 0.255 e. The van der Waals surface area contributed by atoms with E-state index in [1.54, 1.807) is 23.1 Å². The second kappa shape index (κ2) is 6.25. The van der Waals surface area contributed by atoms with Gasteiger partial charge in [-0.25, -0.2) is 4.39 Å². The Bertz CT molecular complexity index is 673. The summed E-state index contributed by atoms with van der Waals surface area (Å²) in [5.74, 6) is -0.827. The van der Waals surface area contributed by atoms with E-state index >= 15 is 0 Å². The number of carbonyl (C=O) groups is 1. The van der Waals surface area contributed by atoms with Crippen LogP contribution in [-0.2, 0) is 0 Å². The molecule has 2 heterocycles. The third kappa shape index (κ3) is 3.15. The van der Waals surface area contributed by atoms with Gasteiger partial charge in [0.05, 0.1) is 24.5 Å². The summed E-state index contributed by atoms with van der Waals surface area (Å²) in [4.78, 5) is 12.0. The molecule has 1 aromatic carbocycles. The van der Waals surface area contributed by atoms with Gasteiger partial charge in [-0.3, -0.25) is 9.48 Å². The maximum atomic E-state index is 13.1. The monoisotopic (exact) mass is 304 g/mol. The summed E-state index contributed by atoms with van der Waals surface area (Å²) in [7, 11) is 0. The third-order valence-corrected chi connectivity index (χ3v) is 3.74. The Morgan fingerprint density at radius 1 is 1.55 bits per heavy atom. The van der Waals surface area contributed by atoms with Crippen LogP contribution in [0.2, 0.25) is 0 Å². The number of hydrogen-bond acceptors (Lipinski definition) is 4. The lowest BCUT2D eigenvalue weighted by atomic mass is 10.2. The Hall–Kier alpha value is -2.25. The number of aromatic nitrogens is 2. The normalized spacial score (nSPS) is 21.0. The quantitative estimate of drug-likeness (QED) is 0.792. The van der Waals surface area contributed by atoms with Crippen LogP contribution in [0.25, 0.3) is 0 Å². The van der Waals surface area contributed by atoms with Gasteiger partial charge in [0.2, 0.25) is 0 Å². The molecule has 3 rings (SSSR count). The first-order valence-corrected chi connectivity index (χ1v) is 7.11. The highest BCUT2D eigenvalue weighted by Crippen LogP contribution is 2.20. The molecule has 7 heteroatoms. The molecule has 2 aromatic rings. The Morgan fingerprint density at radius 3 is 3.14 bits per heavy atom. The number of carbonyl (C=O) groups excluding carboxylic acids is 1. The van der Waals surface area contributed by atoms with Gasteiger partial charge in [0.25, 0.3) is 5.91 Å². The molecule has 3 N–H and O–H groups in total. The van der Waals surface area contributed by atoms with Gasteiger partial charge < -0.3 is 15.7 Å². The van der Waals surface area contributed by atoms with Gasteiger partial charge in [0.15, 0.2) is 0 Å². The van der Waals surface area contributed by atoms with E-state index in [1.807, 2.05) is 0 Å². The summed E-state index contributed by atoms with van der Waals surface area (Å²) < 4.78 is 14.9. The van der Waals surface area contributed by atoms with Crippen LogP contribution >= 0.6 is 0 Å². The molecule has 0 aliphatic carbocycles. The number of aliphatic hydroxyl groups is 1. The summed E-state index contributed by atoms with van der Waals surface area (Å²) in [5.41, 5.74) is 0.817. The average molecular weight is 304 g/mol. The van der Waals surface area contributed by atoms with Crippen molar-refractivity contribution in [2.75, 3.05) is 18.5 Å². The van der Waals surface area contributed by atoms with Gasteiger partial charge in [-0.15, -0.1) is 0 Å². The first kappa shape index (κ1) is 14.7. The van der Waals surface area contributed by atoms with Gasteiger partial charge in [-0.05, 0) is 24.6 Å². The van der Waals surface area contributed by atoms with Crippen molar-refractivity contribution >= 4 is 11.6 Å². The van der Waals surface area contributed by atoms with Crippen molar-refractivity contribution in [3.8, 4) is 0 Å². The minimum absolute atomic E-state index is 0.0829. The predicted octanol–water partition coefficient (Wildman–Crippen LogP) is 1.17. The third-order valence-electron chi connectivity index (χ3n) is 3.74. The molecular weight excluding hydrogens is 287 g/mol. The second-order valence-corrected chi connectivity index (χ2v) is 5.35. The topological polar surface area (TPSA) is 79.2 Å². The van der Waals surface area contributed by atoms with E-state index < -0.39 is 5.82 Å². The van der Waals surface area contributed by atoms with Crippen LogP contribution in [0, 0.1) is 5.82 Å². The zero-order valence-corrected chi connectivity index (χ0v) is 11.9. The number of amides is 1. The van der Waals surface area contributed by atoms with Crippen molar-refractivity contribution in [3.05, 3.63) is 48.0 Å². The first-order valence-electron chi connectivity index (χ1n) is 7.11. The Balaban J connectivity index is 1.66. The number of aliphatic hydroxyl groups excluding tert-OH is 1. The highest BCUT2D eigenvalue weighted by Gasteiger charge is 2.25. The maximum absolute atomic E-state index is 13.1. The molecule has 22 heavy (non-hydrogen) atoms. The van der Waals surface area contributed by atoms with Gasteiger partial charge >= 0.3 is 0 Å². The van der Waals surface area contributed by atoms with Gasteiger partial charge in [-0.2, -0.15) is 5.10 Å². The molecular formula is C15H17FN4O2. The fraction of sp³-hybridized carbons (Fsp3) is 0.333. The molecule has 1 amide bonds. The van der Waals surface area contributed by atoms with Crippen LogP contribution in [-0.4, -0.2) is 40.0 Å². The minimum Gasteiger partial charge on any atom is -0.395 e. The van der Waals surface area contributed by atoms with Crippen molar-refractivity contribution in [1.82, 2.24) is 15.1 Å². The lowest BCUT2D eigenvalue weighted by Gasteiger charge is -2.09. The second-order valence-electron chi connectivity index (χ2n) is 5.35. The van der Waals surface area contributed by atoms with Crippen LogP contribution in [0.5, 0.6) is 0 Å². The number of anilines is 1. The average Bonchev–Trinajstić information content (AvgIpc) is 3.15. The first-order chi connectivity index (χ1) is 10.7. The number of benzene rings is 1. The molecule has 1 aliphatic rings. The van der Waals surface area contributed by atoms with E-state index in [2.05, 4.69) is 15.7 Å². The molecule has 1 aliphatic heterocycles. The minimum atomic E-state index is -0.449. The number of halogens is 1. The number of nitrogens with one attached hydrogen (secondary N) is 2. The molecule has 0 spiro atoms. The highest BCUT2D eigenvalue weighted by atomic mass is 19.1. The largest absolute Gasteiger partial charge is 0.395 e. The molecule has 2 atom stereocenters. The van der Waals surface area contributed by atoms with E-state index in [9.17, 15) is 9.18 Å². The SMILES string of the molecule is O=C(Nc1cnn([C@@H]2CN[C@H](CO)C2)c1)c1cccc(F)c1. The molecule has 1 saturated heterocycles. The molecule has 6 nitrogen and oxygen atoms in total. The molecule has 0 radical (unpaired) electrons. The fourth-order valence-electron chi connectivity index (χ4n) is 2.57. The summed E-state index contributed by atoms with van der Waals surface area (Å²) in [5, 5.41) is 19.3. The van der Waals surface area contributed by atoms with Gasteiger partial charge in [0.1, 0.15) is 5.82 Å². The van der Waals surface area contributed by atoms with Crippen LogP contribution in [0.1, 0.15) is 22.8 Å².